The van der Waals surface area contributed by atoms with Gasteiger partial charge in [0.1, 0.15) is 5.84 Å². The molecule has 0 bridgehead atoms. The van der Waals surface area contributed by atoms with E-state index < -0.39 is 11.0 Å². The van der Waals surface area contributed by atoms with Crippen LogP contribution >= 0.6 is 0 Å². The molecule has 1 aromatic rings. The Balaban J connectivity index is 3.06. The van der Waals surface area contributed by atoms with Crippen molar-refractivity contribution in [1.82, 2.24) is 0 Å². The van der Waals surface area contributed by atoms with Gasteiger partial charge < -0.3 is 10.5 Å². The third-order valence-corrected chi connectivity index (χ3v) is 2.37. The second kappa shape index (κ2) is 5.29. The Bertz CT molecular complexity index is 446. The van der Waals surface area contributed by atoms with Crippen molar-refractivity contribution >= 4 is 11.5 Å². The van der Waals surface area contributed by atoms with E-state index in [1.165, 1.54) is 12.1 Å². The van der Waals surface area contributed by atoms with E-state index in [1.54, 1.807) is 13.0 Å². The van der Waals surface area contributed by atoms with Crippen LogP contribution in [0.2, 0.25) is 0 Å². The molecule has 0 aliphatic rings. The average molecular weight is 237 g/mol. The van der Waals surface area contributed by atoms with E-state index in [9.17, 15) is 10.1 Å². The molecule has 3 N–H and O–H groups in total. The van der Waals surface area contributed by atoms with Gasteiger partial charge in [0.05, 0.1) is 4.92 Å². The van der Waals surface area contributed by atoms with E-state index in [2.05, 4.69) is 0 Å². The molecule has 0 saturated heterocycles. The lowest BCUT2D eigenvalue weighted by Gasteiger charge is -2.13. The molecule has 1 atom stereocenters. The first-order chi connectivity index (χ1) is 7.95. The summed E-state index contributed by atoms with van der Waals surface area (Å²) in [5.41, 5.74) is 6.02. The van der Waals surface area contributed by atoms with Gasteiger partial charge in [0, 0.05) is 6.07 Å². The molecule has 92 valence electrons. The Morgan fingerprint density at radius 1 is 1.65 bits per heavy atom. The number of hydrogen-bond donors (Lipinski definition) is 2. The van der Waals surface area contributed by atoms with Crippen molar-refractivity contribution in [2.45, 2.75) is 26.4 Å². The molecular weight excluding hydrogens is 222 g/mol. The van der Waals surface area contributed by atoms with Crippen LogP contribution in [0.4, 0.5) is 5.69 Å². The second-order valence-corrected chi connectivity index (χ2v) is 3.63. The third-order valence-electron chi connectivity index (χ3n) is 2.37. The minimum absolute atomic E-state index is 0.0996. The van der Waals surface area contributed by atoms with Crippen LogP contribution in [0, 0.1) is 15.5 Å². The minimum atomic E-state index is -0.679. The standard InChI is InChI=1S/C11H15N3O3/c1-3-8-4-5-10(9(6-8)14(15)16)17-7(2)11(12)13/h4-7H,3H2,1-2H3,(H3,12,13). The number of ether oxygens (including phenoxy) is 1. The van der Waals surface area contributed by atoms with Crippen LogP contribution in [0.25, 0.3) is 0 Å². The maximum absolute atomic E-state index is 10.9. The summed E-state index contributed by atoms with van der Waals surface area (Å²) >= 11 is 0. The van der Waals surface area contributed by atoms with Gasteiger partial charge in [-0.15, -0.1) is 0 Å². The molecule has 0 amide bonds. The number of amidine groups is 1. The van der Waals surface area contributed by atoms with Crippen LogP contribution in [-0.4, -0.2) is 16.9 Å². The van der Waals surface area contributed by atoms with E-state index in [1.807, 2.05) is 6.92 Å². The van der Waals surface area contributed by atoms with Crippen LogP contribution in [0.3, 0.4) is 0 Å². The van der Waals surface area contributed by atoms with Gasteiger partial charge in [0.25, 0.3) is 0 Å². The van der Waals surface area contributed by atoms with Gasteiger partial charge in [-0.25, -0.2) is 0 Å². The number of nitrogens with zero attached hydrogens (tertiary/aromatic N) is 1. The van der Waals surface area contributed by atoms with E-state index >= 15 is 0 Å². The normalized spacial score (nSPS) is 11.9. The second-order valence-electron chi connectivity index (χ2n) is 3.63. The third kappa shape index (κ3) is 3.17. The van der Waals surface area contributed by atoms with Gasteiger partial charge >= 0.3 is 5.69 Å². The topological polar surface area (TPSA) is 102 Å². The van der Waals surface area contributed by atoms with Gasteiger partial charge in [0.15, 0.2) is 11.9 Å². The van der Waals surface area contributed by atoms with Crippen LogP contribution < -0.4 is 10.5 Å². The van der Waals surface area contributed by atoms with Crippen molar-refractivity contribution < 1.29 is 9.66 Å². The molecule has 0 saturated carbocycles. The molecule has 0 aliphatic heterocycles. The zero-order valence-electron chi connectivity index (χ0n) is 9.77. The monoisotopic (exact) mass is 237 g/mol. The summed E-state index contributed by atoms with van der Waals surface area (Å²) in [7, 11) is 0. The summed E-state index contributed by atoms with van der Waals surface area (Å²) in [6.07, 6.45) is 0.0322. The van der Waals surface area contributed by atoms with E-state index in [0.717, 1.165) is 5.56 Å². The highest BCUT2D eigenvalue weighted by atomic mass is 16.6. The number of nitrogens with two attached hydrogens (primary N) is 1. The van der Waals surface area contributed by atoms with Crippen molar-refractivity contribution in [1.29, 1.82) is 5.41 Å². The predicted octanol–water partition coefficient (Wildman–Crippen LogP) is 1.86. The summed E-state index contributed by atoms with van der Waals surface area (Å²) in [4.78, 5) is 10.4. The lowest BCUT2D eigenvalue weighted by Crippen LogP contribution is -2.30. The summed E-state index contributed by atoms with van der Waals surface area (Å²) in [6, 6.07) is 4.77. The molecule has 0 heterocycles. The number of aryl methyl sites for hydroxylation is 1. The summed E-state index contributed by atoms with van der Waals surface area (Å²) in [6.45, 7) is 3.48. The number of rotatable bonds is 5. The molecule has 0 fully saturated rings. The fourth-order valence-corrected chi connectivity index (χ4v) is 1.28. The Kier molecular flexibility index (Phi) is 4.03. The van der Waals surface area contributed by atoms with Gasteiger partial charge in [-0.05, 0) is 25.0 Å². The fourth-order valence-electron chi connectivity index (χ4n) is 1.28. The molecule has 17 heavy (non-hydrogen) atoms. The highest BCUT2D eigenvalue weighted by Gasteiger charge is 2.18. The number of nitrogens with one attached hydrogen (secondary N) is 1. The predicted molar refractivity (Wildman–Crippen MR) is 64.5 cm³/mol. The Morgan fingerprint density at radius 2 is 2.29 bits per heavy atom. The fraction of sp³-hybridized carbons (Fsp3) is 0.364. The average Bonchev–Trinajstić information content (AvgIpc) is 2.29. The quantitative estimate of drug-likeness (QED) is 0.353. The molecule has 1 aromatic carbocycles. The van der Waals surface area contributed by atoms with E-state index in [4.69, 9.17) is 15.9 Å². The molecule has 0 spiro atoms. The molecule has 6 heteroatoms. The van der Waals surface area contributed by atoms with Gasteiger partial charge in [-0.2, -0.15) is 0 Å². The van der Waals surface area contributed by atoms with Crippen molar-refractivity contribution in [2.75, 3.05) is 0 Å². The van der Waals surface area contributed by atoms with Crippen molar-refractivity contribution in [3.8, 4) is 5.75 Å². The Morgan fingerprint density at radius 3 is 2.76 bits per heavy atom. The summed E-state index contributed by atoms with van der Waals surface area (Å²) in [5.74, 6) is -0.0335. The Hall–Kier alpha value is -2.11. The zero-order valence-corrected chi connectivity index (χ0v) is 9.77. The van der Waals surface area contributed by atoms with Crippen molar-refractivity contribution in [3.05, 3.63) is 33.9 Å². The smallest absolute Gasteiger partial charge is 0.311 e. The van der Waals surface area contributed by atoms with Gasteiger partial charge in [0.2, 0.25) is 0 Å². The molecule has 1 unspecified atom stereocenters. The molecular formula is C11H15N3O3. The van der Waals surface area contributed by atoms with Crippen LogP contribution in [0.15, 0.2) is 18.2 Å². The first kappa shape index (κ1) is 13.0. The highest BCUT2D eigenvalue weighted by molar-refractivity contribution is 5.81. The number of hydrogen-bond acceptors (Lipinski definition) is 4. The molecule has 0 aliphatic carbocycles. The number of benzene rings is 1. The number of nitro benzene ring substituents is 1. The minimum Gasteiger partial charge on any atom is -0.476 e. The lowest BCUT2D eigenvalue weighted by atomic mass is 10.1. The van der Waals surface area contributed by atoms with Crippen LogP contribution in [-0.2, 0) is 6.42 Å². The largest absolute Gasteiger partial charge is 0.476 e. The lowest BCUT2D eigenvalue weighted by molar-refractivity contribution is -0.386. The van der Waals surface area contributed by atoms with Crippen molar-refractivity contribution in [2.24, 2.45) is 5.73 Å². The summed E-state index contributed by atoms with van der Waals surface area (Å²) in [5, 5.41) is 18.1. The van der Waals surface area contributed by atoms with Crippen LogP contribution in [0.5, 0.6) is 5.75 Å². The Labute approximate surface area is 99.0 Å². The zero-order chi connectivity index (χ0) is 13.0. The first-order valence-corrected chi connectivity index (χ1v) is 5.23. The highest BCUT2D eigenvalue weighted by Crippen LogP contribution is 2.28. The van der Waals surface area contributed by atoms with E-state index in [-0.39, 0.29) is 17.3 Å². The summed E-state index contributed by atoms with van der Waals surface area (Å²) < 4.78 is 5.28. The first-order valence-electron chi connectivity index (χ1n) is 5.23. The molecule has 0 radical (unpaired) electrons. The maximum atomic E-state index is 10.9. The molecule has 6 nitrogen and oxygen atoms in total. The number of nitro groups is 1. The molecule has 0 aromatic heterocycles. The van der Waals surface area contributed by atoms with Gasteiger partial charge in [-0.1, -0.05) is 13.0 Å². The maximum Gasteiger partial charge on any atom is 0.311 e. The van der Waals surface area contributed by atoms with Crippen LogP contribution in [0.1, 0.15) is 19.4 Å². The van der Waals surface area contributed by atoms with Crippen molar-refractivity contribution in [3.63, 3.8) is 0 Å². The molecule has 1 rings (SSSR count). The van der Waals surface area contributed by atoms with E-state index in [0.29, 0.717) is 6.42 Å². The SMILES string of the molecule is CCc1ccc(OC(C)C(=N)N)c([N+](=O)[O-])c1. The van der Waals surface area contributed by atoms with Gasteiger partial charge in [-0.3, -0.25) is 15.5 Å².